The number of hydrogen-bond acceptors (Lipinski definition) is 5. The first-order valence-corrected chi connectivity index (χ1v) is 11.0. The average Bonchev–Trinajstić information content (AvgIpc) is 3.13. The number of likely N-dealkylation sites (tertiary alicyclic amines) is 1. The minimum absolute atomic E-state index is 0.0200. The van der Waals surface area contributed by atoms with Crippen LogP contribution in [0.5, 0.6) is 0 Å². The summed E-state index contributed by atoms with van der Waals surface area (Å²) < 4.78 is 28.7. The molecule has 0 spiro atoms. The Kier molecular flexibility index (Phi) is 5.87. The molecular weight excluding hydrogens is 382 g/mol. The molecule has 1 saturated carbocycles. The lowest BCUT2D eigenvalue weighted by Gasteiger charge is -2.31. The molecule has 1 saturated heterocycles. The second-order valence-electron chi connectivity index (χ2n) is 7.91. The predicted molar refractivity (Wildman–Crippen MR) is 110 cm³/mol. The molecule has 1 aromatic heterocycles. The molecule has 2 N–H and O–H groups in total. The Morgan fingerprint density at radius 1 is 1.32 bits per heavy atom. The zero-order valence-corrected chi connectivity index (χ0v) is 16.8. The number of hydrogen-bond donors (Lipinski definition) is 2. The fraction of sp³-hybridized carbons (Fsp3) is 0.600. The van der Waals surface area contributed by atoms with Crippen molar-refractivity contribution in [1.82, 2.24) is 14.9 Å². The highest BCUT2D eigenvalue weighted by molar-refractivity contribution is 7.99. The Labute approximate surface area is 167 Å². The minimum atomic E-state index is -0.893. The number of anilines is 1. The van der Waals surface area contributed by atoms with Gasteiger partial charge in [-0.25, -0.2) is 13.8 Å². The van der Waals surface area contributed by atoms with Crippen molar-refractivity contribution in [2.24, 2.45) is 0 Å². The highest BCUT2D eigenvalue weighted by Gasteiger charge is 2.28. The fourth-order valence-corrected chi connectivity index (χ4v) is 5.21. The molecule has 2 unspecified atom stereocenters. The van der Waals surface area contributed by atoms with Gasteiger partial charge in [0.1, 0.15) is 23.2 Å². The van der Waals surface area contributed by atoms with Crippen LogP contribution in [0.2, 0.25) is 0 Å². The van der Waals surface area contributed by atoms with Crippen molar-refractivity contribution >= 4 is 28.4 Å². The fourth-order valence-electron chi connectivity index (χ4n) is 4.14. The van der Waals surface area contributed by atoms with Gasteiger partial charge in [0.15, 0.2) is 0 Å². The van der Waals surface area contributed by atoms with E-state index in [0.29, 0.717) is 35.4 Å². The molecule has 4 rings (SSSR count). The number of aromatic nitrogens is 2. The molecule has 1 aromatic carbocycles. The Bertz CT molecular complexity index is 900. The Morgan fingerprint density at radius 3 is 2.86 bits per heavy atom. The standard InChI is InChI=1S/C20H26F2N4OS/c1-26-7-6-17(15(22)10-26)28-11-18-24-16-9-13(23-12-4-2-3-5-12)8-14(21)19(16)20(27)25-18/h8-9,12,15,17,23H,2-7,10-11H2,1H3,(H,24,25,27). The summed E-state index contributed by atoms with van der Waals surface area (Å²) in [6, 6.07) is 3.46. The van der Waals surface area contributed by atoms with Gasteiger partial charge < -0.3 is 15.2 Å². The summed E-state index contributed by atoms with van der Waals surface area (Å²) in [6.07, 6.45) is 4.38. The van der Waals surface area contributed by atoms with Crippen molar-refractivity contribution in [2.75, 3.05) is 25.5 Å². The van der Waals surface area contributed by atoms with E-state index >= 15 is 0 Å². The number of rotatable bonds is 5. The van der Waals surface area contributed by atoms with Crippen molar-refractivity contribution in [3.8, 4) is 0 Å². The molecule has 0 bridgehead atoms. The number of nitrogens with one attached hydrogen (secondary N) is 2. The number of H-pyrrole nitrogens is 1. The Balaban J connectivity index is 1.53. The van der Waals surface area contributed by atoms with E-state index in [-0.39, 0.29) is 10.6 Å². The first kappa shape index (κ1) is 19.6. The number of piperidine rings is 1. The molecule has 2 heterocycles. The van der Waals surface area contributed by atoms with E-state index < -0.39 is 17.5 Å². The maximum Gasteiger partial charge on any atom is 0.261 e. The second-order valence-corrected chi connectivity index (χ2v) is 9.13. The molecule has 2 atom stereocenters. The van der Waals surface area contributed by atoms with Crippen LogP contribution < -0.4 is 10.9 Å². The van der Waals surface area contributed by atoms with Crippen LogP contribution in [-0.2, 0) is 5.75 Å². The minimum Gasteiger partial charge on any atom is -0.382 e. The molecular formula is C20H26F2N4OS. The highest BCUT2D eigenvalue weighted by atomic mass is 32.2. The number of alkyl halides is 1. The van der Waals surface area contributed by atoms with Gasteiger partial charge in [-0.15, -0.1) is 11.8 Å². The number of benzene rings is 1. The summed E-state index contributed by atoms with van der Waals surface area (Å²) >= 11 is 1.47. The molecule has 8 heteroatoms. The van der Waals surface area contributed by atoms with Crippen molar-refractivity contribution in [3.63, 3.8) is 0 Å². The molecule has 2 aromatic rings. The van der Waals surface area contributed by atoms with E-state index in [4.69, 9.17) is 0 Å². The third-order valence-corrected chi connectivity index (χ3v) is 7.05. The van der Waals surface area contributed by atoms with Gasteiger partial charge in [-0.05, 0) is 45.0 Å². The van der Waals surface area contributed by atoms with E-state index in [1.165, 1.54) is 30.7 Å². The van der Waals surface area contributed by atoms with Crippen LogP contribution in [0.4, 0.5) is 14.5 Å². The largest absolute Gasteiger partial charge is 0.382 e. The van der Waals surface area contributed by atoms with Gasteiger partial charge in [0.2, 0.25) is 0 Å². The summed E-state index contributed by atoms with van der Waals surface area (Å²) in [5.41, 5.74) is 0.526. The molecule has 0 amide bonds. The second kappa shape index (κ2) is 8.37. The predicted octanol–water partition coefficient (Wildman–Crippen LogP) is 3.69. The molecule has 152 valence electrons. The van der Waals surface area contributed by atoms with Crippen molar-refractivity contribution in [3.05, 3.63) is 34.1 Å². The van der Waals surface area contributed by atoms with Gasteiger partial charge in [-0.1, -0.05) is 12.8 Å². The zero-order valence-electron chi connectivity index (χ0n) is 16.0. The topological polar surface area (TPSA) is 61.0 Å². The van der Waals surface area contributed by atoms with Gasteiger partial charge in [0.05, 0.1) is 11.3 Å². The zero-order chi connectivity index (χ0) is 19.7. The monoisotopic (exact) mass is 408 g/mol. The number of aromatic amines is 1. The molecule has 1 aliphatic heterocycles. The quantitative estimate of drug-likeness (QED) is 0.790. The van der Waals surface area contributed by atoms with Gasteiger partial charge in [0, 0.05) is 23.5 Å². The summed E-state index contributed by atoms with van der Waals surface area (Å²) in [5.74, 6) is 0.304. The number of halogens is 2. The van der Waals surface area contributed by atoms with E-state index in [1.54, 1.807) is 6.07 Å². The third-order valence-electron chi connectivity index (χ3n) is 5.65. The molecule has 2 aliphatic rings. The lowest BCUT2D eigenvalue weighted by Crippen LogP contribution is -2.41. The van der Waals surface area contributed by atoms with Crippen LogP contribution >= 0.6 is 11.8 Å². The van der Waals surface area contributed by atoms with Crippen LogP contribution in [0.3, 0.4) is 0 Å². The molecule has 0 radical (unpaired) electrons. The van der Waals surface area contributed by atoms with Gasteiger partial charge >= 0.3 is 0 Å². The highest BCUT2D eigenvalue weighted by Crippen LogP contribution is 2.28. The van der Waals surface area contributed by atoms with Crippen molar-refractivity contribution < 1.29 is 8.78 Å². The first-order valence-electron chi connectivity index (χ1n) is 9.93. The van der Waals surface area contributed by atoms with E-state index in [0.717, 1.165) is 25.8 Å². The maximum atomic E-state index is 14.5. The van der Waals surface area contributed by atoms with Crippen LogP contribution in [0.15, 0.2) is 16.9 Å². The van der Waals surface area contributed by atoms with Gasteiger partial charge in [0.25, 0.3) is 5.56 Å². The van der Waals surface area contributed by atoms with Crippen LogP contribution in [0.25, 0.3) is 10.9 Å². The number of nitrogens with zero attached hydrogens (tertiary/aromatic N) is 2. The van der Waals surface area contributed by atoms with E-state index in [1.807, 2.05) is 11.9 Å². The van der Waals surface area contributed by atoms with Crippen molar-refractivity contribution in [1.29, 1.82) is 0 Å². The van der Waals surface area contributed by atoms with Crippen LogP contribution in [0.1, 0.15) is 37.9 Å². The third kappa shape index (κ3) is 4.33. The summed E-state index contributed by atoms with van der Waals surface area (Å²) in [6.45, 7) is 1.29. The summed E-state index contributed by atoms with van der Waals surface area (Å²) in [7, 11) is 1.92. The molecule has 28 heavy (non-hydrogen) atoms. The SMILES string of the molecule is CN1CCC(SCc2nc3cc(NC4CCCC4)cc(F)c3c(=O)[nH]2)C(F)C1. The van der Waals surface area contributed by atoms with Gasteiger partial charge in [-0.2, -0.15) is 0 Å². The van der Waals surface area contributed by atoms with Crippen LogP contribution in [0, 0.1) is 5.82 Å². The molecule has 5 nitrogen and oxygen atoms in total. The Morgan fingerprint density at radius 2 is 2.11 bits per heavy atom. The lowest BCUT2D eigenvalue weighted by molar-refractivity contribution is 0.170. The summed E-state index contributed by atoms with van der Waals surface area (Å²) in [4.78, 5) is 21.5. The first-order chi connectivity index (χ1) is 13.5. The molecule has 2 fully saturated rings. The van der Waals surface area contributed by atoms with Gasteiger partial charge in [-0.3, -0.25) is 4.79 Å². The van der Waals surface area contributed by atoms with E-state index in [2.05, 4.69) is 15.3 Å². The lowest BCUT2D eigenvalue weighted by atomic mass is 10.1. The maximum absolute atomic E-state index is 14.5. The van der Waals surface area contributed by atoms with E-state index in [9.17, 15) is 13.6 Å². The summed E-state index contributed by atoms with van der Waals surface area (Å²) in [5, 5.41) is 3.23. The molecule has 1 aliphatic carbocycles. The number of thioether (sulfide) groups is 1. The van der Waals surface area contributed by atoms with Crippen LogP contribution in [-0.4, -0.2) is 52.5 Å². The van der Waals surface area contributed by atoms with Crippen molar-refractivity contribution in [2.45, 2.75) is 55.3 Å². The number of fused-ring (bicyclic) bond motifs is 1. The Hall–Kier alpha value is -1.67. The smallest absolute Gasteiger partial charge is 0.261 e. The average molecular weight is 409 g/mol. The normalized spacial score (nSPS) is 24.1.